The Hall–Kier alpha value is -2.11. The molecule has 116 valence electrons. The molecule has 0 amide bonds. The molecule has 5 nitrogen and oxygen atoms in total. The summed E-state index contributed by atoms with van der Waals surface area (Å²) in [6.07, 6.45) is 3.46. The molecule has 1 aromatic heterocycles. The minimum atomic E-state index is -0.864. The number of nitrogens with one attached hydrogen (secondary N) is 1. The van der Waals surface area contributed by atoms with Crippen LogP contribution in [0.5, 0.6) is 0 Å². The molecule has 1 atom stereocenters. The maximum Gasteiger partial charge on any atom is 0.304 e. The standard InChI is InChI=1S/C16H18ClN3O2/c17-14-2-1-12(13(9-18)8-16(21)22)7-15(14)20-10-11-3-5-19-6-4-11/h1-7,13,20H,8-10,18H2,(H,21,22)/t13-/m0/s1. The van der Waals surface area contributed by atoms with E-state index in [1.54, 1.807) is 18.5 Å². The molecule has 4 N–H and O–H groups in total. The second-order valence-electron chi connectivity index (χ2n) is 4.98. The van der Waals surface area contributed by atoms with Gasteiger partial charge in [-0.1, -0.05) is 17.7 Å². The summed E-state index contributed by atoms with van der Waals surface area (Å²) in [5.74, 6) is -1.09. The van der Waals surface area contributed by atoms with Crippen molar-refractivity contribution in [3.63, 3.8) is 0 Å². The smallest absolute Gasteiger partial charge is 0.304 e. The molecule has 2 aromatic rings. The zero-order valence-electron chi connectivity index (χ0n) is 12.0. The molecule has 0 aliphatic rings. The van der Waals surface area contributed by atoms with Gasteiger partial charge in [0.25, 0.3) is 0 Å². The summed E-state index contributed by atoms with van der Waals surface area (Å²) in [4.78, 5) is 14.9. The second kappa shape index (κ2) is 7.77. The maximum absolute atomic E-state index is 10.9. The van der Waals surface area contributed by atoms with E-state index in [0.717, 1.165) is 16.8 Å². The first-order valence-electron chi connectivity index (χ1n) is 6.94. The summed E-state index contributed by atoms with van der Waals surface area (Å²) < 4.78 is 0. The normalized spacial score (nSPS) is 11.9. The highest BCUT2D eigenvalue weighted by Crippen LogP contribution is 2.28. The number of halogens is 1. The van der Waals surface area contributed by atoms with E-state index in [2.05, 4.69) is 10.3 Å². The van der Waals surface area contributed by atoms with Crippen molar-refractivity contribution in [1.82, 2.24) is 4.98 Å². The van der Waals surface area contributed by atoms with Crippen molar-refractivity contribution in [3.8, 4) is 0 Å². The number of nitrogens with zero attached hydrogens (tertiary/aromatic N) is 1. The lowest BCUT2D eigenvalue weighted by molar-refractivity contribution is -0.137. The van der Waals surface area contributed by atoms with Crippen LogP contribution in [-0.2, 0) is 11.3 Å². The first-order chi connectivity index (χ1) is 10.6. The molecule has 1 heterocycles. The quantitative estimate of drug-likeness (QED) is 0.730. The van der Waals surface area contributed by atoms with Gasteiger partial charge in [-0.2, -0.15) is 0 Å². The van der Waals surface area contributed by atoms with E-state index in [1.807, 2.05) is 24.3 Å². The highest BCUT2D eigenvalue weighted by molar-refractivity contribution is 6.33. The van der Waals surface area contributed by atoms with E-state index in [-0.39, 0.29) is 18.9 Å². The number of carboxylic acids is 1. The van der Waals surface area contributed by atoms with Gasteiger partial charge in [0.15, 0.2) is 0 Å². The van der Waals surface area contributed by atoms with Crippen molar-refractivity contribution in [1.29, 1.82) is 0 Å². The number of rotatable bonds is 7. The Bertz CT molecular complexity index is 635. The maximum atomic E-state index is 10.9. The molecule has 0 spiro atoms. The average molecular weight is 320 g/mol. The third kappa shape index (κ3) is 4.44. The van der Waals surface area contributed by atoms with Crippen LogP contribution in [0.25, 0.3) is 0 Å². The van der Waals surface area contributed by atoms with Crippen molar-refractivity contribution in [2.45, 2.75) is 18.9 Å². The minimum Gasteiger partial charge on any atom is -0.481 e. The van der Waals surface area contributed by atoms with Crippen molar-refractivity contribution < 1.29 is 9.90 Å². The number of nitrogens with two attached hydrogens (primary N) is 1. The Morgan fingerprint density at radius 2 is 2.05 bits per heavy atom. The van der Waals surface area contributed by atoms with E-state index in [0.29, 0.717) is 11.6 Å². The molecule has 22 heavy (non-hydrogen) atoms. The van der Waals surface area contributed by atoms with Crippen LogP contribution in [0.15, 0.2) is 42.7 Å². The predicted molar refractivity (Wildman–Crippen MR) is 87.1 cm³/mol. The average Bonchev–Trinajstić information content (AvgIpc) is 2.53. The number of benzene rings is 1. The molecule has 0 bridgehead atoms. The van der Waals surface area contributed by atoms with Gasteiger partial charge >= 0.3 is 5.97 Å². The van der Waals surface area contributed by atoms with Gasteiger partial charge in [-0.25, -0.2) is 0 Å². The molecule has 0 aliphatic heterocycles. The van der Waals surface area contributed by atoms with Crippen LogP contribution in [0.4, 0.5) is 5.69 Å². The van der Waals surface area contributed by atoms with E-state index in [9.17, 15) is 4.79 Å². The first kappa shape index (κ1) is 16.3. The lowest BCUT2D eigenvalue weighted by Crippen LogP contribution is -2.16. The number of aromatic nitrogens is 1. The molecule has 0 saturated heterocycles. The van der Waals surface area contributed by atoms with E-state index < -0.39 is 5.97 Å². The summed E-state index contributed by atoms with van der Waals surface area (Å²) in [7, 11) is 0. The van der Waals surface area contributed by atoms with Gasteiger partial charge in [-0.3, -0.25) is 9.78 Å². The van der Waals surface area contributed by atoms with Crippen LogP contribution in [0.2, 0.25) is 5.02 Å². The van der Waals surface area contributed by atoms with E-state index >= 15 is 0 Å². The Morgan fingerprint density at radius 3 is 2.68 bits per heavy atom. The summed E-state index contributed by atoms with van der Waals surface area (Å²) in [5.41, 5.74) is 8.39. The van der Waals surface area contributed by atoms with Crippen LogP contribution in [0.3, 0.4) is 0 Å². The molecule has 0 fully saturated rings. The molecule has 1 aromatic carbocycles. The summed E-state index contributed by atoms with van der Waals surface area (Å²) in [6.45, 7) is 0.885. The molecule has 0 radical (unpaired) electrons. The Morgan fingerprint density at radius 1 is 1.32 bits per heavy atom. The van der Waals surface area contributed by atoms with Crippen LogP contribution >= 0.6 is 11.6 Å². The van der Waals surface area contributed by atoms with Crippen molar-refractivity contribution in [2.24, 2.45) is 5.73 Å². The van der Waals surface area contributed by atoms with Gasteiger partial charge in [-0.05, 0) is 41.9 Å². The molecular formula is C16H18ClN3O2. The predicted octanol–water partition coefficient (Wildman–Crippen LogP) is 2.86. The third-order valence-corrected chi connectivity index (χ3v) is 3.73. The van der Waals surface area contributed by atoms with Gasteiger partial charge in [0.2, 0.25) is 0 Å². The number of carbonyl (C=O) groups is 1. The number of aliphatic carboxylic acids is 1. The highest BCUT2D eigenvalue weighted by atomic mass is 35.5. The number of carboxylic acid groups (broad SMARTS) is 1. The molecular weight excluding hydrogens is 302 g/mol. The summed E-state index contributed by atoms with van der Waals surface area (Å²) in [5, 5.41) is 12.8. The largest absolute Gasteiger partial charge is 0.481 e. The fourth-order valence-corrected chi connectivity index (χ4v) is 2.36. The van der Waals surface area contributed by atoms with Crippen LogP contribution in [0, 0.1) is 0 Å². The number of hydrogen-bond acceptors (Lipinski definition) is 4. The van der Waals surface area contributed by atoms with Gasteiger partial charge in [-0.15, -0.1) is 0 Å². The van der Waals surface area contributed by atoms with Crippen LogP contribution in [-0.4, -0.2) is 22.6 Å². The highest BCUT2D eigenvalue weighted by Gasteiger charge is 2.15. The van der Waals surface area contributed by atoms with Gasteiger partial charge in [0.1, 0.15) is 0 Å². The molecule has 0 saturated carbocycles. The number of hydrogen-bond donors (Lipinski definition) is 3. The van der Waals surface area contributed by atoms with Gasteiger partial charge < -0.3 is 16.2 Å². The molecule has 0 unspecified atom stereocenters. The van der Waals surface area contributed by atoms with E-state index in [1.165, 1.54) is 0 Å². The Labute approximate surface area is 134 Å². The first-order valence-corrected chi connectivity index (χ1v) is 7.32. The summed E-state index contributed by atoms with van der Waals surface area (Å²) >= 11 is 6.19. The monoisotopic (exact) mass is 319 g/mol. The van der Waals surface area contributed by atoms with Gasteiger partial charge in [0, 0.05) is 24.9 Å². The fourth-order valence-electron chi connectivity index (χ4n) is 2.18. The summed E-state index contributed by atoms with van der Waals surface area (Å²) in [6, 6.07) is 9.27. The van der Waals surface area contributed by atoms with E-state index in [4.69, 9.17) is 22.4 Å². The zero-order chi connectivity index (χ0) is 15.9. The van der Waals surface area contributed by atoms with Crippen molar-refractivity contribution in [3.05, 3.63) is 58.9 Å². The SMILES string of the molecule is NC[C@H](CC(=O)O)c1ccc(Cl)c(NCc2ccncc2)c1. The van der Waals surface area contributed by atoms with Crippen LogP contribution < -0.4 is 11.1 Å². The fraction of sp³-hybridized carbons (Fsp3) is 0.250. The molecule has 0 aliphatic carbocycles. The lowest BCUT2D eigenvalue weighted by atomic mass is 9.95. The third-order valence-electron chi connectivity index (χ3n) is 3.40. The minimum absolute atomic E-state index is 0.00191. The molecule has 2 rings (SSSR count). The second-order valence-corrected chi connectivity index (χ2v) is 5.39. The topological polar surface area (TPSA) is 88.2 Å². The van der Waals surface area contributed by atoms with Gasteiger partial charge in [0.05, 0.1) is 17.1 Å². The van der Waals surface area contributed by atoms with Crippen molar-refractivity contribution in [2.75, 3.05) is 11.9 Å². The number of anilines is 1. The lowest BCUT2D eigenvalue weighted by Gasteiger charge is -2.16. The Kier molecular flexibility index (Phi) is 5.75. The van der Waals surface area contributed by atoms with Crippen LogP contribution in [0.1, 0.15) is 23.5 Å². The molecule has 6 heteroatoms. The number of pyridine rings is 1. The zero-order valence-corrected chi connectivity index (χ0v) is 12.8. The Balaban J connectivity index is 2.14. The van der Waals surface area contributed by atoms with Crippen molar-refractivity contribution >= 4 is 23.3 Å².